The third-order valence-electron chi connectivity index (χ3n) is 5.45. The van der Waals surface area contributed by atoms with E-state index in [4.69, 9.17) is 11.6 Å². The summed E-state index contributed by atoms with van der Waals surface area (Å²) in [5.74, 6) is -0.238. The van der Waals surface area contributed by atoms with Gasteiger partial charge in [0.05, 0.1) is 15.6 Å². The predicted octanol–water partition coefficient (Wildman–Crippen LogP) is 5.48. The summed E-state index contributed by atoms with van der Waals surface area (Å²) in [6.45, 7) is 0. The van der Waals surface area contributed by atoms with Crippen molar-refractivity contribution in [1.29, 1.82) is 5.26 Å². The van der Waals surface area contributed by atoms with E-state index in [-0.39, 0.29) is 11.3 Å². The molecule has 1 aliphatic carbocycles. The van der Waals surface area contributed by atoms with E-state index in [2.05, 4.69) is 15.5 Å². The highest BCUT2D eigenvalue weighted by atomic mass is 35.5. The third-order valence-corrected chi connectivity index (χ3v) is 6.77. The number of carbonyl (C=O) groups is 1. The normalized spacial score (nSPS) is 14.6. The van der Waals surface area contributed by atoms with Crippen molar-refractivity contribution in [3.05, 3.63) is 67.9 Å². The van der Waals surface area contributed by atoms with Crippen LogP contribution in [-0.2, 0) is 4.79 Å². The SMILES string of the molecule is N#CC(=Cc1cccn1-c1cc([N+](=O)[O-])ccc1Cl)C(=O)Nc1nnc(C2CCCCC2)s1. The van der Waals surface area contributed by atoms with Gasteiger partial charge in [-0.2, -0.15) is 5.26 Å². The van der Waals surface area contributed by atoms with Crippen LogP contribution in [0.3, 0.4) is 0 Å². The van der Waals surface area contributed by atoms with Gasteiger partial charge in [0, 0.05) is 29.9 Å². The Morgan fingerprint density at radius 3 is 2.82 bits per heavy atom. The molecule has 0 unspecified atom stereocenters. The first-order valence-electron chi connectivity index (χ1n) is 10.3. The van der Waals surface area contributed by atoms with Crippen LogP contribution >= 0.6 is 22.9 Å². The van der Waals surface area contributed by atoms with E-state index in [9.17, 15) is 20.2 Å². The first-order chi connectivity index (χ1) is 16.0. The molecule has 0 radical (unpaired) electrons. The van der Waals surface area contributed by atoms with Crippen molar-refractivity contribution in [3.8, 4) is 11.8 Å². The van der Waals surface area contributed by atoms with Crippen LogP contribution in [0.1, 0.15) is 48.7 Å². The molecule has 0 atom stereocenters. The van der Waals surface area contributed by atoms with Crippen LogP contribution in [0, 0.1) is 21.4 Å². The summed E-state index contributed by atoms with van der Waals surface area (Å²) in [4.78, 5) is 23.4. The van der Waals surface area contributed by atoms with E-state index in [0.29, 0.717) is 27.5 Å². The highest BCUT2D eigenvalue weighted by Gasteiger charge is 2.21. The lowest BCUT2D eigenvalue weighted by Crippen LogP contribution is -2.13. The molecule has 0 saturated heterocycles. The first-order valence-corrected chi connectivity index (χ1v) is 11.5. The summed E-state index contributed by atoms with van der Waals surface area (Å²) in [5, 5.41) is 33.2. The number of carbonyl (C=O) groups excluding carboxylic acids is 1. The molecule has 1 aliphatic rings. The molecule has 3 aromatic rings. The molecule has 0 bridgehead atoms. The van der Waals surface area contributed by atoms with E-state index in [1.807, 2.05) is 6.07 Å². The first kappa shape index (κ1) is 22.6. The topological polar surface area (TPSA) is 127 Å². The second-order valence-corrected chi connectivity index (χ2v) is 9.02. The third kappa shape index (κ3) is 5.10. The number of benzene rings is 1. The van der Waals surface area contributed by atoms with E-state index >= 15 is 0 Å². The Kier molecular flexibility index (Phi) is 6.82. The monoisotopic (exact) mass is 482 g/mol. The van der Waals surface area contributed by atoms with E-state index in [0.717, 1.165) is 17.8 Å². The number of non-ortho nitro benzene ring substituents is 1. The zero-order chi connectivity index (χ0) is 23.4. The molecule has 33 heavy (non-hydrogen) atoms. The zero-order valence-electron chi connectivity index (χ0n) is 17.4. The number of nitriles is 1. The number of aromatic nitrogens is 3. The van der Waals surface area contributed by atoms with Gasteiger partial charge in [-0.25, -0.2) is 0 Å². The molecular formula is C22H19ClN6O3S. The second kappa shape index (κ2) is 9.94. The molecule has 11 heteroatoms. The number of amides is 1. The quantitative estimate of drug-likeness (QED) is 0.214. The van der Waals surface area contributed by atoms with Crippen LogP contribution in [0.15, 0.2) is 42.1 Å². The van der Waals surface area contributed by atoms with Gasteiger partial charge in [0.1, 0.15) is 16.6 Å². The van der Waals surface area contributed by atoms with E-state index in [1.54, 1.807) is 22.9 Å². The molecule has 1 saturated carbocycles. The Labute approximate surface area is 198 Å². The molecule has 0 aliphatic heterocycles. The van der Waals surface area contributed by atoms with Gasteiger partial charge in [0.15, 0.2) is 0 Å². The van der Waals surface area contributed by atoms with Crippen molar-refractivity contribution in [2.75, 3.05) is 5.32 Å². The Balaban J connectivity index is 1.56. The Bertz CT molecular complexity index is 1270. The number of hydrogen-bond acceptors (Lipinski definition) is 7. The molecule has 168 valence electrons. The molecule has 2 heterocycles. The number of nitrogens with zero attached hydrogens (tertiary/aromatic N) is 5. The maximum absolute atomic E-state index is 12.7. The number of hydrogen-bond donors (Lipinski definition) is 1. The Hall–Kier alpha value is -3.55. The van der Waals surface area contributed by atoms with Gasteiger partial charge in [0.2, 0.25) is 5.13 Å². The molecule has 1 N–H and O–H groups in total. The largest absolute Gasteiger partial charge is 0.315 e. The molecule has 1 amide bonds. The Morgan fingerprint density at radius 2 is 2.09 bits per heavy atom. The molecular weight excluding hydrogens is 464 g/mol. The van der Waals surface area contributed by atoms with Gasteiger partial charge in [-0.1, -0.05) is 42.2 Å². The van der Waals surface area contributed by atoms with Gasteiger partial charge >= 0.3 is 0 Å². The van der Waals surface area contributed by atoms with Crippen molar-refractivity contribution in [2.45, 2.75) is 38.0 Å². The summed E-state index contributed by atoms with van der Waals surface area (Å²) in [6.07, 6.45) is 8.76. The van der Waals surface area contributed by atoms with Crippen LogP contribution < -0.4 is 5.32 Å². The minimum Gasteiger partial charge on any atom is -0.315 e. The van der Waals surface area contributed by atoms with Gasteiger partial charge in [-0.15, -0.1) is 10.2 Å². The van der Waals surface area contributed by atoms with Crippen molar-refractivity contribution < 1.29 is 9.72 Å². The molecule has 9 nitrogen and oxygen atoms in total. The summed E-state index contributed by atoms with van der Waals surface area (Å²) in [6, 6.07) is 9.34. The van der Waals surface area contributed by atoms with Crippen molar-refractivity contribution in [2.24, 2.45) is 0 Å². The summed E-state index contributed by atoms with van der Waals surface area (Å²) < 4.78 is 1.58. The number of nitrogens with one attached hydrogen (secondary N) is 1. The van der Waals surface area contributed by atoms with Crippen LogP contribution in [0.4, 0.5) is 10.8 Å². The predicted molar refractivity (Wildman–Crippen MR) is 125 cm³/mol. The summed E-state index contributed by atoms with van der Waals surface area (Å²) in [5.41, 5.74) is 0.553. The lowest BCUT2D eigenvalue weighted by molar-refractivity contribution is -0.384. The number of anilines is 1. The van der Waals surface area contributed by atoms with Crippen LogP contribution in [0.5, 0.6) is 0 Å². The highest BCUT2D eigenvalue weighted by molar-refractivity contribution is 7.15. The van der Waals surface area contributed by atoms with E-state index < -0.39 is 10.8 Å². The summed E-state index contributed by atoms with van der Waals surface area (Å²) >= 11 is 7.58. The Morgan fingerprint density at radius 1 is 1.30 bits per heavy atom. The molecule has 4 rings (SSSR count). The van der Waals surface area contributed by atoms with Gasteiger partial charge in [0.25, 0.3) is 11.6 Å². The van der Waals surface area contributed by atoms with Crippen LogP contribution in [-0.4, -0.2) is 25.6 Å². The fourth-order valence-corrected chi connectivity index (χ4v) is 4.91. The van der Waals surface area contributed by atoms with Crippen molar-refractivity contribution in [1.82, 2.24) is 14.8 Å². The minimum atomic E-state index is -0.610. The smallest absolute Gasteiger partial charge is 0.271 e. The standard InChI is InChI=1S/C22H19ClN6O3S/c23-18-9-8-17(29(31)32)12-19(18)28-10-4-7-16(28)11-15(13-24)20(30)25-22-27-26-21(33-22)14-5-2-1-3-6-14/h4,7-12,14H,1-3,5-6H2,(H,25,27,30). The van der Waals surface area contributed by atoms with Gasteiger partial charge in [-0.05, 0) is 37.1 Å². The fourth-order valence-electron chi connectivity index (χ4n) is 3.79. The van der Waals surface area contributed by atoms with Crippen molar-refractivity contribution in [3.63, 3.8) is 0 Å². The minimum absolute atomic E-state index is 0.124. The van der Waals surface area contributed by atoms with Gasteiger partial charge < -0.3 is 4.57 Å². The zero-order valence-corrected chi connectivity index (χ0v) is 19.0. The lowest BCUT2D eigenvalue weighted by Gasteiger charge is -2.18. The summed E-state index contributed by atoms with van der Waals surface area (Å²) in [7, 11) is 0. The maximum Gasteiger partial charge on any atom is 0.271 e. The van der Waals surface area contributed by atoms with Crippen LogP contribution in [0.25, 0.3) is 11.8 Å². The number of rotatable bonds is 6. The van der Waals surface area contributed by atoms with Crippen molar-refractivity contribution >= 4 is 45.7 Å². The maximum atomic E-state index is 12.7. The average Bonchev–Trinajstić information content (AvgIpc) is 3.47. The number of halogens is 1. The van der Waals surface area contributed by atoms with Gasteiger partial charge in [-0.3, -0.25) is 20.2 Å². The van der Waals surface area contributed by atoms with Crippen LogP contribution in [0.2, 0.25) is 5.02 Å². The average molecular weight is 483 g/mol. The molecule has 0 spiro atoms. The molecule has 2 aromatic heterocycles. The number of nitro groups is 1. The fraction of sp³-hybridized carbons (Fsp3) is 0.273. The number of nitro benzene ring substituents is 1. The van der Waals surface area contributed by atoms with E-state index in [1.165, 1.54) is 54.9 Å². The highest BCUT2D eigenvalue weighted by Crippen LogP contribution is 2.35. The lowest BCUT2D eigenvalue weighted by atomic mass is 9.90. The second-order valence-electron chi connectivity index (χ2n) is 7.60. The molecule has 1 aromatic carbocycles. The molecule has 1 fully saturated rings.